The van der Waals surface area contributed by atoms with Gasteiger partial charge in [-0.25, -0.2) is 15.0 Å². The van der Waals surface area contributed by atoms with Crippen LogP contribution in [0.4, 0.5) is 0 Å². The molecule has 0 radical (unpaired) electrons. The molecule has 0 atom stereocenters. The van der Waals surface area contributed by atoms with Crippen LogP contribution in [0, 0.1) is 0 Å². The number of hydrogen-bond donors (Lipinski definition) is 0. The third-order valence-electron chi connectivity index (χ3n) is 12.9. The van der Waals surface area contributed by atoms with Crippen LogP contribution in [0.15, 0.2) is 182 Å². The highest BCUT2D eigenvalue weighted by Crippen LogP contribution is 2.43. The normalized spacial score (nSPS) is 12.7. The Kier molecular flexibility index (Phi) is 6.04. The van der Waals surface area contributed by atoms with Crippen LogP contribution in [0.25, 0.3) is 111 Å². The minimum absolute atomic E-state index is 0.0192. The first-order valence-corrected chi connectivity index (χ1v) is 20.2. The molecule has 3 aromatic heterocycles. The quantitative estimate of drug-likeness (QED) is 0.169. The van der Waals surface area contributed by atoms with Gasteiger partial charge in [-0.15, -0.1) is 0 Å². The largest absolute Gasteiger partial charge is 0.310 e. The Balaban J connectivity index is 1.17. The average Bonchev–Trinajstić information content (AvgIpc) is 3.84. The minimum Gasteiger partial charge on any atom is -0.310 e. The third-order valence-corrected chi connectivity index (χ3v) is 12.9. The van der Waals surface area contributed by atoms with E-state index in [0.717, 1.165) is 28.1 Å². The Morgan fingerprint density at radius 2 is 0.780 bits per heavy atom. The molecule has 5 heterocycles. The number of rotatable bonds is 3. The van der Waals surface area contributed by atoms with E-state index in [0.29, 0.717) is 17.5 Å². The lowest BCUT2D eigenvalue weighted by Gasteiger charge is -2.34. The smallest absolute Gasteiger partial charge is 0.252 e. The third kappa shape index (κ3) is 4.12. The standard InChI is InChI=1S/C53H30BN5/c1-3-15-33(16-4-1)51-55-52(34-17-5-2-6-18-34)57-53(56-51)35-29-44-48-45(30-35)59-43-28-26-32-14-8-10-20-37(32)47(43)39-22-12-24-41(50(39)59)54(48)40-23-11-21-38-46-36-19-9-7-13-31(36)25-27-42(46)58(44)49(38)40/h1-30H. The van der Waals surface area contributed by atoms with Gasteiger partial charge in [0, 0.05) is 60.6 Å². The predicted molar refractivity (Wildman–Crippen MR) is 244 cm³/mol. The van der Waals surface area contributed by atoms with E-state index in [9.17, 15) is 0 Å². The van der Waals surface area contributed by atoms with E-state index in [1.165, 1.54) is 81.5 Å². The molecule has 14 rings (SSSR count). The van der Waals surface area contributed by atoms with Crippen molar-refractivity contribution in [1.29, 1.82) is 0 Å². The molecule has 2 aliphatic heterocycles. The molecule has 0 spiro atoms. The van der Waals surface area contributed by atoms with Gasteiger partial charge in [0.05, 0.1) is 11.0 Å². The van der Waals surface area contributed by atoms with Crippen molar-refractivity contribution in [3.8, 4) is 45.5 Å². The second-order valence-electron chi connectivity index (χ2n) is 15.9. The van der Waals surface area contributed by atoms with Crippen LogP contribution in [0.2, 0.25) is 0 Å². The zero-order chi connectivity index (χ0) is 38.3. The molecular weight excluding hydrogens is 717 g/mol. The molecule has 59 heavy (non-hydrogen) atoms. The number of fused-ring (bicyclic) bond motifs is 14. The maximum Gasteiger partial charge on any atom is 0.252 e. The minimum atomic E-state index is 0.0192. The van der Waals surface area contributed by atoms with E-state index in [1.807, 2.05) is 36.4 Å². The summed E-state index contributed by atoms with van der Waals surface area (Å²) in [5.41, 5.74) is 14.0. The first-order valence-electron chi connectivity index (χ1n) is 20.2. The fourth-order valence-electron chi connectivity index (χ4n) is 10.5. The van der Waals surface area contributed by atoms with Crippen molar-refractivity contribution < 1.29 is 0 Å². The zero-order valence-electron chi connectivity index (χ0n) is 31.6. The molecule has 0 unspecified atom stereocenters. The van der Waals surface area contributed by atoms with E-state index in [-0.39, 0.29) is 6.71 Å². The van der Waals surface area contributed by atoms with E-state index < -0.39 is 0 Å². The van der Waals surface area contributed by atoms with Crippen molar-refractivity contribution in [2.75, 3.05) is 0 Å². The molecule has 6 heteroatoms. The van der Waals surface area contributed by atoms with Gasteiger partial charge in [0.15, 0.2) is 17.5 Å². The lowest BCUT2D eigenvalue weighted by Crippen LogP contribution is -2.59. The highest BCUT2D eigenvalue weighted by Gasteiger charge is 2.41. The van der Waals surface area contributed by atoms with Crippen LogP contribution in [0.5, 0.6) is 0 Å². The Hall–Kier alpha value is -7.83. The van der Waals surface area contributed by atoms with Gasteiger partial charge in [0.25, 0.3) is 6.71 Å². The summed E-state index contributed by atoms with van der Waals surface area (Å²) in [5, 5.41) is 10.1. The zero-order valence-corrected chi connectivity index (χ0v) is 31.6. The number of nitrogens with zero attached hydrogens (tertiary/aromatic N) is 5. The summed E-state index contributed by atoms with van der Waals surface area (Å²) in [5.74, 6) is 1.94. The summed E-state index contributed by atoms with van der Waals surface area (Å²) in [4.78, 5) is 15.6. The summed E-state index contributed by atoms with van der Waals surface area (Å²) < 4.78 is 5.07. The second-order valence-corrected chi connectivity index (χ2v) is 15.9. The van der Waals surface area contributed by atoms with Crippen molar-refractivity contribution in [3.63, 3.8) is 0 Å². The fraction of sp³-hybridized carbons (Fsp3) is 0. The lowest BCUT2D eigenvalue weighted by molar-refractivity contribution is 1.07. The van der Waals surface area contributed by atoms with Crippen LogP contribution < -0.4 is 16.4 Å². The molecule has 9 aromatic carbocycles. The molecule has 12 aromatic rings. The number of para-hydroxylation sites is 2. The van der Waals surface area contributed by atoms with Gasteiger partial charge >= 0.3 is 0 Å². The van der Waals surface area contributed by atoms with Gasteiger partial charge < -0.3 is 9.13 Å². The summed E-state index contributed by atoms with van der Waals surface area (Å²) in [6.45, 7) is 0.0192. The van der Waals surface area contributed by atoms with Crippen molar-refractivity contribution >= 4 is 88.3 Å². The first kappa shape index (κ1) is 31.3. The lowest BCUT2D eigenvalue weighted by atomic mass is 9.34. The molecule has 0 N–H and O–H groups in total. The van der Waals surface area contributed by atoms with E-state index in [1.54, 1.807) is 0 Å². The monoisotopic (exact) mass is 747 g/mol. The van der Waals surface area contributed by atoms with Crippen LogP contribution in [-0.2, 0) is 0 Å². The summed E-state index contributed by atoms with van der Waals surface area (Å²) in [6.07, 6.45) is 0. The Labute approximate surface area is 338 Å². The highest BCUT2D eigenvalue weighted by molar-refractivity contribution is 7.00. The molecule has 0 saturated heterocycles. The van der Waals surface area contributed by atoms with E-state index >= 15 is 0 Å². The molecule has 0 aliphatic carbocycles. The van der Waals surface area contributed by atoms with Crippen LogP contribution in [0.1, 0.15) is 0 Å². The number of benzene rings is 9. The van der Waals surface area contributed by atoms with Gasteiger partial charge in [-0.2, -0.15) is 0 Å². The maximum atomic E-state index is 5.29. The highest BCUT2D eigenvalue weighted by atomic mass is 15.1. The Morgan fingerprint density at radius 3 is 1.27 bits per heavy atom. The topological polar surface area (TPSA) is 48.5 Å². The molecule has 0 amide bonds. The van der Waals surface area contributed by atoms with E-state index in [2.05, 4.69) is 155 Å². The van der Waals surface area contributed by atoms with E-state index in [4.69, 9.17) is 15.0 Å². The molecule has 0 fully saturated rings. The van der Waals surface area contributed by atoms with Crippen molar-refractivity contribution in [2.45, 2.75) is 0 Å². The fourth-order valence-corrected chi connectivity index (χ4v) is 10.5. The molecule has 270 valence electrons. The van der Waals surface area contributed by atoms with Crippen LogP contribution in [0.3, 0.4) is 0 Å². The summed E-state index contributed by atoms with van der Waals surface area (Å²) in [6, 6.07) is 65.8. The maximum absolute atomic E-state index is 5.29. The molecule has 2 aliphatic rings. The molecule has 5 nitrogen and oxygen atoms in total. The predicted octanol–water partition coefficient (Wildman–Crippen LogP) is 10.5. The van der Waals surface area contributed by atoms with Crippen molar-refractivity contribution in [3.05, 3.63) is 182 Å². The van der Waals surface area contributed by atoms with Gasteiger partial charge in [0.2, 0.25) is 0 Å². The Bertz CT molecular complexity index is 3550. The first-order chi connectivity index (χ1) is 29.3. The van der Waals surface area contributed by atoms with Gasteiger partial charge in [-0.3, -0.25) is 0 Å². The summed E-state index contributed by atoms with van der Waals surface area (Å²) >= 11 is 0. The van der Waals surface area contributed by atoms with Crippen molar-refractivity contribution in [1.82, 2.24) is 24.1 Å². The van der Waals surface area contributed by atoms with Crippen molar-refractivity contribution in [2.24, 2.45) is 0 Å². The second kappa shape index (κ2) is 11.4. The van der Waals surface area contributed by atoms with Crippen LogP contribution in [-0.4, -0.2) is 30.8 Å². The SMILES string of the molecule is c1ccc(-c2nc(-c3ccccc3)nc(-c3cc4c5c(c3)-n3c6ccc7ccccc7c6c6cccc(c63)B5c3cccc5c6c7ccccc7ccc6n-4c35)n2)cc1. The average molecular weight is 748 g/mol. The number of aromatic nitrogens is 5. The molecule has 0 saturated carbocycles. The summed E-state index contributed by atoms with van der Waals surface area (Å²) in [7, 11) is 0. The van der Waals surface area contributed by atoms with Gasteiger partial charge in [-0.1, -0.05) is 158 Å². The molecule has 0 bridgehead atoms. The molecular formula is C53H30BN5. The van der Waals surface area contributed by atoms with Crippen LogP contribution >= 0.6 is 0 Å². The number of hydrogen-bond acceptors (Lipinski definition) is 3. The van der Waals surface area contributed by atoms with Gasteiger partial charge in [0.1, 0.15) is 0 Å². The Morgan fingerprint density at radius 1 is 0.356 bits per heavy atom. The van der Waals surface area contributed by atoms with Gasteiger partial charge in [-0.05, 0) is 62.2 Å².